The smallest absolute Gasteiger partial charge is 0.227 e. The molecule has 1 fully saturated rings. The molecule has 7 heteroatoms. The molecule has 1 saturated heterocycles. The summed E-state index contributed by atoms with van der Waals surface area (Å²) >= 11 is 0. The van der Waals surface area contributed by atoms with Crippen molar-refractivity contribution in [2.24, 2.45) is 0 Å². The summed E-state index contributed by atoms with van der Waals surface area (Å²) in [7, 11) is -1.25. The van der Waals surface area contributed by atoms with Crippen LogP contribution in [0, 0.1) is 0 Å². The molecule has 6 nitrogen and oxygen atoms in total. The molecule has 0 bridgehead atoms. The first kappa shape index (κ1) is 22.0. The van der Waals surface area contributed by atoms with Gasteiger partial charge in [0.25, 0.3) is 0 Å². The van der Waals surface area contributed by atoms with Gasteiger partial charge in [-0.15, -0.1) is 0 Å². The number of imidazole rings is 1. The predicted octanol–water partition coefficient (Wildman–Crippen LogP) is 2.84. The van der Waals surface area contributed by atoms with Gasteiger partial charge in [0.15, 0.2) is 0 Å². The molecular weight excluding hydrogens is 384 g/mol. The van der Waals surface area contributed by atoms with Gasteiger partial charge in [-0.05, 0) is 51.4 Å². The van der Waals surface area contributed by atoms with Crippen molar-refractivity contribution in [2.45, 2.75) is 50.4 Å². The van der Waals surface area contributed by atoms with E-state index < -0.39 is 9.84 Å². The third-order valence-corrected chi connectivity index (χ3v) is 6.59. The number of aromatic nitrogens is 2. The van der Waals surface area contributed by atoms with Gasteiger partial charge in [0, 0.05) is 32.4 Å². The lowest BCUT2D eigenvalue weighted by Gasteiger charge is -2.28. The fraction of sp³-hybridized carbons (Fsp3) is 0.591. The third kappa shape index (κ3) is 6.66. The number of likely N-dealkylation sites (N-methyl/N-ethyl adjacent to an activating group) is 1. The molecule has 0 saturated carbocycles. The number of likely N-dealkylation sites (tertiary alicyclic amines) is 1. The van der Waals surface area contributed by atoms with Crippen LogP contribution in [0.25, 0.3) is 0 Å². The highest BCUT2D eigenvalue weighted by Gasteiger charge is 2.19. The van der Waals surface area contributed by atoms with Crippen LogP contribution in [0.4, 0.5) is 0 Å². The Labute approximate surface area is 175 Å². The number of piperidine rings is 1. The summed E-state index contributed by atoms with van der Waals surface area (Å²) < 4.78 is 26.3. The van der Waals surface area contributed by atoms with E-state index in [9.17, 15) is 8.42 Å². The summed E-state index contributed by atoms with van der Waals surface area (Å²) in [6.07, 6.45) is 8.73. The zero-order valence-electron chi connectivity index (χ0n) is 17.8. The Balaban J connectivity index is 1.61. The van der Waals surface area contributed by atoms with Crippen molar-refractivity contribution in [3.05, 3.63) is 47.8 Å². The monoisotopic (exact) mass is 418 g/mol. The van der Waals surface area contributed by atoms with E-state index in [1.807, 2.05) is 22.8 Å². The normalized spacial score (nSPS) is 15.8. The average molecular weight is 419 g/mol. The van der Waals surface area contributed by atoms with Crippen LogP contribution in [-0.4, -0.2) is 67.3 Å². The molecule has 29 heavy (non-hydrogen) atoms. The standard InChI is InChI=1S/C22H34N4O2S/c1-24(16-17-25-13-7-4-8-14-25)19-21-18-23-22(29(2,27)28)26(21)15-9-12-20-10-5-3-6-11-20/h3,5-6,10-11,18H,4,7-9,12-17,19H2,1-2H3. The fourth-order valence-electron chi connectivity index (χ4n) is 3.99. The molecule has 0 radical (unpaired) electrons. The van der Waals surface area contributed by atoms with E-state index in [2.05, 4.69) is 34.0 Å². The SMILES string of the molecule is CN(CCN1CCCCC1)Cc1cnc(S(C)(=O)=O)n1CCCc1ccccc1. The molecule has 0 amide bonds. The number of benzene rings is 1. The van der Waals surface area contributed by atoms with E-state index in [0.29, 0.717) is 13.1 Å². The van der Waals surface area contributed by atoms with Crippen LogP contribution in [-0.2, 0) is 29.3 Å². The van der Waals surface area contributed by atoms with Gasteiger partial charge in [0.05, 0.1) is 11.9 Å². The van der Waals surface area contributed by atoms with Gasteiger partial charge in [0.1, 0.15) is 0 Å². The van der Waals surface area contributed by atoms with Crippen molar-refractivity contribution in [1.82, 2.24) is 19.4 Å². The van der Waals surface area contributed by atoms with Crippen molar-refractivity contribution in [3.8, 4) is 0 Å². The van der Waals surface area contributed by atoms with Crippen molar-refractivity contribution in [1.29, 1.82) is 0 Å². The molecule has 0 unspecified atom stereocenters. The number of hydrogen-bond donors (Lipinski definition) is 0. The van der Waals surface area contributed by atoms with Crippen LogP contribution in [0.2, 0.25) is 0 Å². The largest absolute Gasteiger partial charge is 0.318 e. The molecular formula is C22H34N4O2S. The van der Waals surface area contributed by atoms with Gasteiger partial charge in [0.2, 0.25) is 15.0 Å². The van der Waals surface area contributed by atoms with Crippen LogP contribution < -0.4 is 0 Å². The van der Waals surface area contributed by atoms with Crippen molar-refractivity contribution in [2.75, 3.05) is 39.5 Å². The summed E-state index contributed by atoms with van der Waals surface area (Å²) in [5.41, 5.74) is 2.24. The van der Waals surface area contributed by atoms with Gasteiger partial charge in [-0.1, -0.05) is 36.8 Å². The Morgan fingerprint density at radius 1 is 1.07 bits per heavy atom. The quantitative estimate of drug-likeness (QED) is 0.594. The maximum absolute atomic E-state index is 12.2. The zero-order valence-corrected chi connectivity index (χ0v) is 18.6. The highest BCUT2D eigenvalue weighted by molar-refractivity contribution is 7.90. The predicted molar refractivity (Wildman–Crippen MR) is 117 cm³/mol. The Kier molecular flexibility index (Phi) is 7.86. The van der Waals surface area contributed by atoms with E-state index in [1.165, 1.54) is 44.2 Å². The maximum Gasteiger partial charge on any atom is 0.227 e. The molecule has 3 rings (SSSR count). The molecule has 160 valence electrons. The van der Waals surface area contributed by atoms with E-state index in [1.54, 1.807) is 6.20 Å². The minimum absolute atomic E-state index is 0.185. The van der Waals surface area contributed by atoms with Gasteiger partial charge in [-0.2, -0.15) is 0 Å². The Bertz CT molecular complexity index is 858. The van der Waals surface area contributed by atoms with E-state index >= 15 is 0 Å². The van der Waals surface area contributed by atoms with Crippen molar-refractivity contribution < 1.29 is 8.42 Å². The second-order valence-corrected chi connectivity index (χ2v) is 10.1. The molecule has 1 aromatic carbocycles. The summed E-state index contributed by atoms with van der Waals surface area (Å²) in [5, 5.41) is 0.185. The number of aryl methyl sites for hydroxylation is 1. The fourth-order valence-corrected chi connectivity index (χ4v) is 4.84. The number of nitrogens with zero attached hydrogens (tertiary/aromatic N) is 4. The maximum atomic E-state index is 12.2. The Hall–Kier alpha value is -1.70. The lowest BCUT2D eigenvalue weighted by molar-refractivity contribution is 0.192. The summed E-state index contributed by atoms with van der Waals surface area (Å²) in [4.78, 5) is 9.05. The Morgan fingerprint density at radius 3 is 2.48 bits per heavy atom. The molecule has 0 N–H and O–H groups in total. The van der Waals surface area contributed by atoms with E-state index in [-0.39, 0.29) is 5.16 Å². The van der Waals surface area contributed by atoms with Gasteiger partial charge in [-0.25, -0.2) is 13.4 Å². The topological polar surface area (TPSA) is 58.4 Å². The molecule has 1 aliphatic rings. The van der Waals surface area contributed by atoms with Crippen LogP contribution in [0.5, 0.6) is 0 Å². The molecule has 2 heterocycles. The number of hydrogen-bond acceptors (Lipinski definition) is 5. The first-order valence-electron chi connectivity index (χ1n) is 10.6. The summed E-state index contributed by atoms with van der Waals surface area (Å²) in [5.74, 6) is 0. The molecule has 1 aliphatic heterocycles. The molecule has 0 aliphatic carbocycles. The molecule has 1 aromatic heterocycles. The van der Waals surface area contributed by atoms with Crippen molar-refractivity contribution in [3.63, 3.8) is 0 Å². The van der Waals surface area contributed by atoms with Crippen molar-refractivity contribution >= 4 is 9.84 Å². The Morgan fingerprint density at radius 2 is 1.79 bits per heavy atom. The molecule has 0 atom stereocenters. The third-order valence-electron chi connectivity index (χ3n) is 5.60. The van der Waals surface area contributed by atoms with Gasteiger partial charge >= 0.3 is 0 Å². The van der Waals surface area contributed by atoms with Crippen LogP contribution in [0.3, 0.4) is 0 Å². The van der Waals surface area contributed by atoms with E-state index in [4.69, 9.17) is 0 Å². The van der Waals surface area contributed by atoms with Gasteiger partial charge < -0.3 is 9.47 Å². The lowest BCUT2D eigenvalue weighted by atomic mass is 10.1. The van der Waals surface area contributed by atoms with Crippen LogP contribution in [0.1, 0.15) is 36.9 Å². The first-order chi connectivity index (χ1) is 13.9. The lowest BCUT2D eigenvalue weighted by Crippen LogP contribution is -2.36. The van der Waals surface area contributed by atoms with Crippen LogP contribution >= 0.6 is 0 Å². The summed E-state index contributed by atoms with van der Waals surface area (Å²) in [6, 6.07) is 10.3. The molecule has 2 aromatic rings. The first-order valence-corrected chi connectivity index (χ1v) is 12.5. The zero-order chi connectivity index (χ0) is 20.7. The molecule has 0 spiro atoms. The van der Waals surface area contributed by atoms with E-state index in [0.717, 1.165) is 31.6 Å². The van der Waals surface area contributed by atoms with Gasteiger partial charge in [-0.3, -0.25) is 4.90 Å². The second kappa shape index (κ2) is 10.4. The highest BCUT2D eigenvalue weighted by atomic mass is 32.2. The summed E-state index contributed by atoms with van der Waals surface area (Å²) in [6.45, 7) is 5.81. The highest BCUT2D eigenvalue weighted by Crippen LogP contribution is 2.16. The average Bonchev–Trinajstić information content (AvgIpc) is 3.11. The minimum Gasteiger partial charge on any atom is -0.318 e. The minimum atomic E-state index is -3.35. The number of rotatable bonds is 10. The van der Waals surface area contributed by atoms with Crippen LogP contribution in [0.15, 0.2) is 41.7 Å². The second-order valence-electron chi connectivity index (χ2n) is 8.19. The number of sulfone groups is 1.